The lowest BCUT2D eigenvalue weighted by atomic mass is 9.93. The van der Waals surface area contributed by atoms with Gasteiger partial charge in [0.05, 0.1) is 11.9 Å². The average Bonchev–Trinajstić information content (AvgIpc) is 2.78. The number of nitrogens with one attached hydrogen (secondary N) is 1. The zero-order chi connectivity index (χ0) is 21.8. The molecular weight excluding hydrogens is 386 g/mol. The Bertz CT molecular complexity index is 1130. The van der Waals surface area contributed by atoms with Crippen LogP contribution in [0.15, 0.2) is 59.7 Å². The van der Waals surface area contributed by atoms with E-state index in [4.69, 9.17) is 0 Å². The number of nitrogens with zero attached hydrogens (tertiary/aromatic N) is 2. The Hall–Kier alpha value is -3.47. The zero-order valence-electron chi connectivity index (χ0n) is 18.0. The van der Waals surface area contributed by atoms with Gasteiger partial charge in [0.2, 0.25) is 0 Å². The topological polar surface area (TPSA) is 61.8 Å². The van der Waals surface area contributed by atoms with Gasteiger partial charge in [0, 0.05) is 28.4 Å². The van der Waals surface area contributed by atoms with Crippen molar-refractivity contribution in [1.82, 2.24) is 4.90 Å². The highest BCUT2D eigenvalue weighted by atomic mass is 16.2. The van der Waals surface area contributed by atoms with Crippen LogP contribution in [0.5, 0.6) is 0 Å². The van der Waals surface area contributed by atoms with Gasteiger partial charge in [-0.3, -0.25) is 19.9 Å². The molecule has 0 spiro atoms. The van der Waals surface area contributed by atoms with Gasteiger partial charge in [-0.25, -0.2) is 0 Å². The Morgan fingerprint density at radius 3 is 2.39 bits per heavy atom. The van der Waals surface area contributed by atoms with Crippen LogP contribution in [0.25, 0.3) is 10.8 Å². The second kappa shape index (κ2) is 9.13. The summed E-state index contributed by atoms with van der Waals surface area (Å²) in [5.74, 6) is -0.417. The van der Waals surface area contributed by atoms with E-state index in [1.54, 1.807) is 18.3 Å². The number of unbranched alkanes of at least 4 members (excludes halogenated alkanes) is 3. The number of benzene rings is 3. The molecule has 1 aliphatic rings. The summed E-state index contributed by atoms with van der Waals surface area (Å²) in [4.78, 5) is 27.5. The predicted octanol–water partition coefficient (Wildman–Crippen LogP) is 5.77. The number of imide groups is 1. The molecule has 0 fully saturated rings. The van der Waals surface area contributed by atoms with Crippen LogP contribution in [0.1, 0.15) is 64.4 Å². The third-order valence-corrected chi connectivity index (χ3v) is 5.70. The lowest BCUT2D eigenvalue weighted by Crippen LogP contribution is -2.40. The van der Waals surface area contributed by atoms with Crippen LogP contribution in [0.4, 0.5) is 5.69 Å². The van der Waals surface area contributed by atoms with Crippen molar-refractivity contribution in [2.45, 2.75) is 39.5 Å². The lowest BCUT2D eigenvalue weighted by Gasteiger charge is -2.27. The Labute approximate surface area is 182 Å². The van der Waals surface area contributed by atoms with Gasteiger partial charge in [-0.1, -0.05) is 68.1 Å². The standard InChI is InChI=1S/C26H27N3O2/c1-3-4-5-6-16-29-25(30)21-9-7-8-20-23(15-14-22(24(20)21)26(29)31)28-27-17-19-12-10-18(2)11-13-19/h7-15,17,28H,3-6,16H2,1-2H3/b27-17+. The summed E-state index contributed by atoms with van der Waals surface area (Å²) in [6.07, 6.45) is 5.84. The predicted molar refractivity (Wildman–Crippen MR) is 126 cm³/mol. The Morgan fingerprint density at radius 1 is 0.903 bits per heavy atom. The van der Waals surface area contributed by atoms with Crippen molar-refractivity contribution in [2.24, 2.45) is 5.10 Å². The van der Waals surface area contributed by atoms with Gasteiger partial charge in [-0.05, 0) is 37.1 Å². The summed E-state index contributed by atoms with van der Waals surface area (Å²) >= 11 is 0. The highest BCUT2D eigenvalue weighted by molar-refractivity contribution is 6.26. The molecular formula is C26H27N3O2. The third kappa shape index (κ3) is 4.22. The number of hydrogen-bond donors (Lipinski definition) is 1. The first-order chi connectivity index (χ1) is 15.1. The number of anilines is 1. The number of aryl methyl sites for hydroxylation is 1. The van der Waals surface area contributed by atoms with E-state index in [2.05, 4.69) is 17.5 Å². The summed E-state index contributed by atoms with van der Waals surface area (Å²) < 4.78 is 0. The summed E-state index contributed by atoms with van der Waals surface area (Å²) in [7, 11) is 0. The molecule has 158 valence electrons. The van der Waals surface area contributed by atoms with Gasteiger partial charge in [-0.2, -0.15) is 5.10 Å². The highest BCUT2D eigenvalue weighted by Crippen LogP contribution is 2.34. The van der Waals surface area contributed by atoms with E-state index in [9.17, 15) is 9.59 Å². The van der Waals surface area contributed by atoms with Crippen molar-refractivity contribution in [3.63, 3.8) is 0 Å². The lowest BCUT2D eigenvalue weighted by molar-refractivity contribution is 0.0608. The number of amides is 2. The monoisotopic (exact) mass is 413 g/mol. The summed E-state index contributed by atoms with van der Waals surface area (Å²) in [5.41, 5.74) is 7.18. The Morgan fingerprint density at radius 2 is 1.65 bits per heavy atom. The summed E-state index contributed by atoms with van der Waals surface area (Å²) in [5, 5.41) is 5.88. The maximum Gasteiger partial charge on any atom is 0.261 e. The van der Waals surface area contributed by atoms with E-state index >= 15 is 0 Å². The molecule has 3 aromatic carbocycles. The smallest absolute Gasteiger partial charge is 0.261 e. The Kier molecular flexibility index (Phi) is 6.12. The first-order valence-corrected chi connectivity index (χ1v) is 10.9. The molecule has 2 amide bonds. The molecule has 0 radical (unpaired) electrons. The summed E-state index contributed by atoms with van der Waals surface area (Å²) in [6.45, 7) is 4.66. The SMILES string of the molecule is CCCCCCN1C(=O)c2cccc3c(N/N=C/c4ccc(C)cc4)ccc(c23)C1=O. The van der Waals surface area contributed by atoms with E-state index in [1.807, 2.05) is 49.4 Å². The normalized spacial score (nSPS) is 13.4. The van der Waals surface area contributed by atoms with Gasteiger partial charge >= 0.3 is 0 Å². The molecule has 31 heavy (non-hydrogen) atoms. The van der Waals surface area contributed by atoms with Crippen molar-refractivity contribution in [3.05, 3.63) is 76.9 Å². The minimum absolute atomic E-state index is 0.208. The quantitative estimate of drug-likeness (QED) is 0.221. The first-order valence-electron chi connectivity index (χ1n) is 10.9. The number of hydrogen-bond acceptors (Lipinski definition) is 4. The number of carbonyl (C=O) groups excluding carboxylic acids is 2. The van der Waals surface area contributed by atoms with E-state index in [-0.39, 0.29) is 11.8 Å². The van der Waals surface area contributed by atoms with Crippen LogP contribution in [-0.4, -0.2) is 29.5 Å². The van der Waals surface area contributed by atoms with E-state index < -0.39 is 0 Å². The molecule has 5 heteroatoms. The number of hydrazone groups is 1. The molecule has 0 bridgehead atoms. The molecule has 0 saturated carbocycles. The summed E-state index contributed by atoms with van der Waals surface area (Å²) in [6, 6.07) is 17.3. The van der Waals surface area contributed by atoms with E-state index in [0.29, 0.717) is 23.1 Å². The van der Waals surface area contributed by atoms with Gasteiger partial charge in [0.1, 0.15) is 0 Å². The minimum Gasteiger partial charge on any atom is -0.278 e. The molecule has 0 aliphatic carbocycles. The number of carbonyl (C=O) groups is 2. The third-order valence-electron chi connectivity index (χ3n) is 5.70. The molecule has 3 aromatic rings. The fourth-order valence-electron chi connectivity index (χ4n) is 3.97. The van der Waals surface area contributed by atoms with Crippen LogP contribution in [0.2, 0.25) is 0 Å². The van der Waals surface area contributed by atoms with Crippen LogP contribution in [0.3, 0.4) is 0 Å². The molecule has 1 aliphatic heterocycles. The van der Waals surface area contributed by atoms with Crippen LogP contribution in [0, 0.1) is 6.92 Å². The Balaban J connectivity index is 1.61. The van der Waals surface area contributed by atoms with Gasteiger partial charge in [0.15, 0.2) is 0 Å². The molecule has 5 nitrogen and oxygen atoms in total. The first kappa shape index (κ1) is 20.8. The molecule has 0 unspecified atom stereocenters. The van der Waals surface area contributed by atoms with Gasteiger partial charge in [0.25, 0.3) is 11.8 Å². The van der Waals surface area contributed by atoms with Crippen molar-refractivity contribution in [2.75, 3.05) is 12.0 Å². The maximum atomic E-state index is 13.1. The molecule has 1 heterocycles. The second-order valence-electron chi connectivity index (χ2n) is 7.99. The maximum absolute atomic E-state index is 13.1. The highest BCUT2D eigenvalue weighted by Gasteiger charge is 2.32. The molecule has 0 atom stereocenters. The van der Waals surface area contributed by atoms with Gasteiger partial charge < -0.3 is 0 Å². The molecule has 0 aromatic heterocycles. The van der Waals surface area contributed by atoms with Crippen molar-refractivity contribution in [1.29, 1.82) is 0 Å². The largest absolute Gasteiger partial charge is 0.278 e. The van der Waals surface area contributed by atoms with Crippen LogP contribution < -0.4 is 5.43 Å². The molecule has 0 saturated heterocycles. The zero-order valence-corrected chi connectivity index (χ0v) is 18.0. The fraction of sp³-hybridized carbons (Fsp3) is 0.269. The fourth-order valence-corrected chi connectivity index (χ4v) is 3.97. The average molecular weight is 414 g/mol. The van der Waals surface area contributed by atoms with Crippen LogP contribution >= 0.6 is 0 Å². The minimum atomic E-state index is -0.208. The molecule has 4 rings (SSSR count). The van der Waals surface area contributed by atoms with Crippen LogP contribution in [-0.2, 0) is 0 Å². The van der Waals surface area contributed by atoms with Crippen molar-refractivity contribution in [3.8, 4) is 0 Å². The van der Waals surface area contributed by atoms with E-state index in [0.717, 1.165) is 42.3 Å². The molecule has 1 N–H and O–H groups in total. The second-order valence-corrected chi connectivity index (χ2v) is 7.99. The van der Waals surface area contributed by atoms with Crippen molar-refractivity contribution < 1.29 is 9.59 Å². The van der Waals surface area contributed by atoms with Crippen molar-refractivity contribution >= 4 is 34.5 Å². The van der Waals surface area contributed by atoms with Gasteiger partial charge in [-0.15, -0.1) is 0 Å². The van der Waals surface area contributed by atoms with E-state index in [1.165, 1.54) is 10.5 Å². The number of rotatable bonds is 8.